The lowest BCUT2D eigenvalue weighted by Crippen LogP contribution is -2.41. The molecule has 0 unspecified atom stereocenters. The minimum absolute atomic E-state index is 0.140. The summed E-state index contributed by atoms with van der Waals surface area (Å²) in [6.07, 6.45) is 3.83. The molecule has 1 saturated heterocycles. The van der Waals surface area contributed by atoms with E-state index in [1.54, 1.807) is 36.4 Å². The molecule has 34 heavy (non-hydrogen) atoms. The number of carbonyl (C=O) groups is 1. The first-order valence-corrected chi connectivity index (χ1v) is 14.9. The Bertz CT molecular complexity index is 1180. The molecule has 1 amide bonds. The number of nitrogens with zero attached hydrogens (tertiary/aromatic N) is 2. The van der Waals surface area contributed by atoms with Gasteiger partial charge in [0.1, 0.15) is 18.9 Å². The highest BCUT2D eigenvalue weighted by Gasteiger charge is 2.25. The fourth-order valence-electron chi connectivity index (χ4n) is 3.52. The highest BCUT2D eigenvalue weighted by Crippen LogP contribution is 2.23. The average Bonchev–Trinajstić information content (AvgIpc) is 2.81. The number of amides is 1. The molecule has 2 aromatic rings. The largest absolute Gasteiger partial charge is 0.492 e. The van der Waals surface area contributed by atoms with Crippen LogP contribution in [0, 0.1) is 0 Å². The number of hydrogen-bond donors (Lipinski definition) is 1. The van der Waals surface area contributed by atoms with Gasteiger partial charge in [-0.1, -0.05) is 22.4 Å². The summed E-state index contributed by atoms with van der Waals surface area (Å²) in [5, 5.41) is 2.63. The number of piperidine rings is 1. The van der Waals surface area contributed by atoms with Gasteiger partial charge in [-0.3, -0.25) is 9.10 Å². The van der Waals surface area contributed by atoms with E-state index in [0.29, 0.717) is 24.5 Å². The van der Waals surface area contributed by atoms with Gasteiger partial charge in [-0.05, 0) is 61.4 Å². The Labute approximate surface area is 209 Å². The molecule has 0 aliphatic carbocycles. The zero-order valence-electron chi connectivity index (χ0n) is 18.8. The molecule has 12 heteroatoms. The Kier molecular flexibility index (Phi) is 8.96. The van der Waals surface area contributed by atoms with Crippen LogP contribution < -0.4 is 14.4 Å². The van der Waals surface area contributed by atoms with Gasteiger partial charge in [-0.25, -0.2) is 16.8 Å². The molecule has 186 valence electrons. The van der Waals surface area contributed by atoms with Crippen LogP contribution in [0.3, 0.4) is 0 Å². The third kappa shape index (κ3) is 7.17. The van der Waals surface area contributed by atoms with Crippen LogP contribution in [0.1, 0.15) is 19.3 Å². The third-order valence-corrected chi connectivity index (χ3v) is 8.85. The number of benzene rings is 2. The predicted octanol–water partition coefficient (Wildman–Crippen LogP) is 2.58. The predicted molar refractivity (Wildman–Crippen MR) is 134 cm³/mol. The summed E-state index contributed by atoms with van der Waals surface area (Å²) < 4.78 is 58.6. The normalized spacial score (nSPS) is 15.0. The number of rotatable bonds is 10. The molecule has 0 radical (unpaired) electrons. The van der Waals surface area contributed by atoms with Crippen molar-refractivity contribution in [3.63, 3.8) is 0 Å². The van der Waals surface area contributed by atoms with Crippen molar-refractivity contribution in [1.82, 2.24) is 9.62 Å². The first-order chi connectivity index (χ1) is 16.1. The Balaban J connectivity index is 1.49. The van der Waals surface area contributed by atoms with Crippen LogP contribution in [0.4, 0.5) is 5.69 Å². The van der Waals surface area contributed by atoms with Gasteiger partial charge in [0.25, 0.3) is 0 Å². The summed E-state index contributed by atoms with van der Waals surface area (Å²) in [7, 11) is -7.15. The van der Waals surface area contributed by atoms with Crippen LogP contribution in [-0.4, -0.2) is 66.1 Å². The van der Waals surface area contributed by atoms with Gasteiger partial charge in [-0.2, -0.15) is 4.31 Å². The second kappa shape index (κ2) is 11.5. The van der Waals surface area contributed by atoms with Crippen LogP contribution in [-0.2, 0) is 24.8 Å². The van der Waals surface area contributed by atoms with E-state index in [0.717, 1.165) is 34.3 Å². The van der Waals surface area contributed by atoms with Crippen LogP contribution in [0.2, 0.25) is 0 Å². The van der Waals surface area contributed by atoms with Crippen molar-refractivity contribution in [1.29, 1.82) is 0 Å². The van der Waals surface area contributed by atoms with Gasteiger partial charge in [0.2, 0.25) is 26.0 Å². The number of halogens is 1. The van der Waals surface area contributed by atoms with Crippen LogP contribution in [0.15, 0.2) is 57.9 Å². The van der Waals surface area contributed by atoms with Gasteiger partial charge in [-0.15, -0.1) is 0 Å². The van der Waals surface area contributed by atoms with E-state index in [1.807, 2.05) is 0 Å². The van der Waals surface area contributed by atoms with Crippen LogP contribution >= 0.6 is 15.9 Å². The minimum atomic E-state index is -3.65. The highest BCUT2D eigenvalue weighted by atomic mass is 79.9. The molecule has 1 aliphatic rings. The first-order valence-electron chi connectivity index (χ1n) is 10.8. The van der Waals surface area contributed by atoms with Crippen molar-refractivity contribution in [2.24, 2.45) is 0 Å². The summed E-state index contributed by atoms with van der Waals surface area (Å²) in [5.74, 6) is -0.000570. The van der Waals surface area contributed by atoms with Crippen molar-refractivity contribution in [2.75, 3.05) is 43.3 Å². The number of nitrogens with one attached hydrogen (secondary N) is 1. The van der Waals surface area contributed by atoms with Crippen molar-refractivity contribution in [2.45, 2.75) is 24.2 Å². The third-order valence-electron chi connectivity index (χ3n) is 5.27. The molecular formula is C22H28BrN3O6S2. The van der Waals surface area contributed by atoms with E-state index < -0.39 is 26.0 Å². The van der Waals surface area contributed by atoms with Crippen LogP contribution in [0.5, 0.6) is 5.75 Å². The van der Waals surface area contributed by atoms with E-state index >= 15 is 0 Å². The van der Waals surface area contributed by atoms with Crippen molar-refractivity contribution >= 4 is 47.6 Å². The van der Waals surface area contributed by atoms with Gasteiger partial charge in [0.15, 0.2) is 0 Å². The van der Waals surface area contributed by atoms with Gasteiger partial charge in [0, 0.05) is 17.6 Å². The lowest BCUT2D eigenvalue weighted by Gasteiger charge is -2.25. The van der Waals surface area contributed by atoms with Gasteiger partial charge in [0.05, 0.1) is 23.4 Å². The topological polar surface area (TPSA) is 113 Å². The van der Waals surface area contributed by atoms with Gasteiger partial charge >= 0.3 is 0 Å². The molecule has 0 aromatic heterocycles. The number of carbonyl (C=O) groups excluding carboxylic acids is 1. The average molecular weight is 575 g/mol. The zero-order chi connectivity index (χ0) is 24.8. The Morgan fingerprint density at radius 3 is 2.21 bits per heavy atom. The summed E-state index contributed by atoms with van der Waals surface area (Å²) >= 11 is 3.30. The molecule has 2 aromatic carbocycles. The molecule has 0 bridgehead atoms. The number of hydrogen-bond acceptors (Lipinski definition) is 6. The lowest BCUT2D eigenvalue weighted by molar-refractivity contribution is -0.119. The zero-order valence-corrected chi connectivity index (χ0v) is 22.0. The second-order valence-corrected chi connectivity index (χ2v) is 12.6. The van der Waals surface area contributed by atoms with E-state index in [2.05, 4.69) is 21.2 Å². The second-order valence-electron chi connectivity index (χ2n) is 7.88. The maximum atomic E-state index is 12.7. The molecule has 1 heterocycles. The quantitative estimate of drug-likeness (QED) is 0.437. The minimum Gasteiger partial charge on any atom is -0.492 e. The van der Waals surface area contributed by atoms with Gasteiger partial charge < -0.3 is 10.1 Å². The smallest absolute Gasteiger partial charge is 0.243 e. The number of sulfonamides is 2. The van der Waals surface area contributed by atoms with E-state index in [9.17, 15) is 21.6 Å². The summed E-state index contributed by atoms with van der Waals surface area (Å²) in [4.78, 5) is 12.5. The molecule has 0 saturated carbocycles. The maximum Gasteiger partial charge on any atom is 0.243 e. The van der Waals surface area contributed by atoms with E-state index in [4.69, 9.17) is 4.74 Å². The highest BCUT2D eigenvalue weighted by molar-refractivity contribution is 9.10. The fraction of sp³-hybridized carbons (Fsp3) is 0.409. The Morgan fingerprint density at radius 1 is 1.00 bits per heavy atom. The summed E-state index contributed by atoms with van der Waals surface area (Å²) in [6.45, 7) is 1.02. The molecular weight excluding hydrogens is 546 g/mol. The SMILES string of the molecule is CS(=O)(=O)N(CC(=O)NCCOc1ccc(S(=O)(=O)N2CCCCC2)cc1)c1ccc(Br)cc1. The lowest BCUT2D eigenvalue weighted by atomic mass is 10.2. The summed E-state index contributed by atoms with van der Waals surface area (Å²) in [6, 6.07) is 12.8. The molecule has 9 nitrogen and oxygen atoms in total. The van der Waals surface area contributed by atoms with Crippen LogP contribution in [0.25, 0.3) is 0 Å². The van der Waals surface area contributed by atoms with Crippen molar-refractivity contribution < 1.29 is 26.4 Å². The summed E-state index contributed by atoms with van der Waals surface area (Å²) in [5.41, 5.74) is 0.386. The molecule has 0 spiro atoms. The van der Waals surface area contributed by atoms with Crippen molar-refractivity contribution in [3.05, 3.63) is 53.0 Å². The van der Waals surface area contributed by atoms with Crippen molar-refractivity contribution in [3.8, 4) is 5.75 Å². The van der Waals surface area contributed by atoms with E-state index in [-0.39, 0.29) is 24.6 Å². The Morgan fingerprint density at radius 2 is 1.62 bits per heavy atom. The van der Waals surface area contributed by atoms with E-state index in [1.165, 1.54) is 16.4 Å². The molecule has 1 N–H and O–H groups in total. The Hall–Kier alpha value is -2.15. The fourth-order valence-corrected chi connectivity index (χ4v) is 6.15. The first kappa shape index (κ1) is 26.5. The molecule has 1 aliphatic heterocycles. The number of anilines is 1. The molecule has 1 fully saturated rings. The maximum absolute atomic E-state index is 12.7. The molecule has 3 rings (SSSR count). The standard InChI is InChI=1S/C22H28BrN3O6S2/c1-33(28,29)26(19-7-5-18(23)6-8-19)17-22(27)24-13-16-32-20-9-11-21(12-10-20)34(30,31)25-14-3-2-4-15-25/h5-12H,2-4,13-17H2,1H3,(H,24,27). The molecule has 0 atom stereocenters. The monoisotopic (exact) mass is 573 g/mol. The number of ether oxygens (including phenoxy) is 1.